The third kappa shape index (κ3) is 3.93. The van der Waals surface area contributed by atoms with Crippen molar-refractivity contribution < 1.29 is 8.42 Å². The van der Waals surface area contributed by atoms with Crippen LogP contribution in [0.1, 0.15) is 12.5 Å². The van der Waals surface area contributed by atoms with E-state index in [2.05, 4.69) is 0 Å². The molecule has 0 saturated heterocycles. The third-order valence-electron chi connectivity index (χ3n) is 2.64. The first-order valence-electron chi connectivity index (χ1n) is 5.26. The summed E-state index contributed by atoms with van der Waals surface area (Å²) < 4.78 is 22.6. The van der Waals surface area contributed by atoms with Gasteiger partial charge in [0.2, 0.25) is 13.7 Å². The molecule has 0 fully saturated rings. The van der Waals surface area contributed by atoms with Gasteiger partial charge in [-0.3, -0.25) is 0 Å². The monoisotopic (exact) mass is 426 g/mol. The third-order valence-corrected chi connectivity index (χ3v) is 9.12. The lowest BCUT2D eigenvalue weighted by Gasteiger charge is -2.30. The normalized spacial score (nSPS) is 16.0. The van der Waals surface area contributed by atoms with Gasteiger partial charge in [-0.05, 0) is 41.3 Å². The van der Waals surface area contributed by atoms with Gasteiger partial charge < -0.3 is 0 Å². The maximum absolute atomic E-state index is 12.7. The fraction of sp³-hybridized carbons (Fsp3) is 0.500. The summed E-state index contributed by atoms with van der Waals surface area (Å²) in [6, 6.07) is 3.40. The quantitative estimate of drug-likeness (QED) is 0.500. The molecule has 0 saturated carbocycles. The van der Waals surface area contributed by atoms with Crippen LogP contribution in [-0.2, 0) is 14.8 Å². The molecule has 4 nitrogen and oxygen atoms in total. The highest BCUT2D eigenvalue weighted by Gasteiger charge is 2.48. The minimum Gasteiger partial charge on any atom is -0.209 e. The van der Waals surface area contributed by atoms with Crippen LogP contribution in [-0.4, -0.2) is 27.7 Å². The SMILES string of the molecule is CN(SC(Cl)(Cl)C(Cl)Cl)S(=O)(=O)C(C)(C#N)c1ccsc1. The summed E-state index contributed by atoms with van der Waals surface area (Å²) >= 11 is 24.8. The van der Waals surface area contributed by atoms with E-state index in [0.717, 1.165) is 3.71 Å². The molecule has 1 unspecified atom stereocenters. The van der Waals surface area contributed by atoms with E-state index in [4.69, 9.17) is 46.4 Å². The molecule has 0 aromatic carbocycles. The minimum atomic E-state index is -4.08. The molecule has 21 heavy (non-hydrogen) atoms. The van der Waals surface area contributed by atoms with Crippen molar-refractivity contribution in [1.29, 1.82) is 5.26 Å². The highest BCUT2D eigenvalue weighted by atomic mass is 35.5. The first-order valence-corrected chi connectivity index (χ1v) is 10.0. The Morgan fingerprint density at radius 1 is 1.48 bits per heavy atom. The molecule has 0 aliphatic rings. The number of hydrogen-bond donors (Lipinski definition) is 0. The van der Waals surface area contributed by atoms with Gasteiger partial charge in [-0.2, -0.15) is 16.6 Å². The highest BCUT2D eigenvalue weighted by molar-refractivity contribution is 8.11. The van der Waals surface area contributed by atoms with Crippen LogP contribution in [0.15, 0.2) is 16.8 Å². The Morgan fingerprint density at radius 3 is 2.43 bits per heavy atom. The van der Waals surface area contributed by atoms with Gasteiger partial charge in [0.15, 0.2) is 9.58 Å². The lowest BCUT2D eigenvalue weighted by molar-refractivity contribution is 0.537. The van der Waals surface area contributed by atoms with Crippen LogP contribution in [0.3, 0.4) is 0 Å². The molecule has 11 heteroatoms. The maximum atomic E-state index is 12.7. The van der Waals surface area contributed by atoms with Gasteiger partial charge in [0.05, 0.1) is 6.07 Å². The molecule has 0 aliphatic heterocycles. The van der Waals surface area contributed by atoms with Crippen molar-refractivity contribution in [2.45, 2.75) is 20.2 Å². The summed E-state index contributed by atoms with van der Waals surface area (Å²) in [5.74, 6) is 0. The van der Waals surface area contributed by atoms with Crippen molar-refractivity contribution in [3.63, 3.8) is 0 Å². The van der Waals surface area contributed by atoms with Crippen molar-refractivity contribution >= 4 is 79.7 Å². The zero-order chi connectivity index (χ0) is 16.5. The van der Waals surface area contributed by atoms with Crippen LogP contribution in [0.4, 0.5) is 0 Å². The van der Waals surface area contributed by atoms with Crippen molar-refractivity contribution in [1.82, 2.24) is 3.71 Å². The molecule has 0 aliphatic carbocycles. The summed E-state index contributed by atoms with van der Waals surface area (Å²) in [6.07, 6.45) is 0. The van der Waals surface area contributed by atoms with Crippen molar-refractivity contribution in [3.05, 3.63) is 22.4 Å². The lowest BCUT2D eigenvalue weighted by Crippen LogP contribution is -2.40. The number of alkyl halides is 4. The number of nitrogens with zero attached hydrogens (tertiary/aromatic N) is 2. The van der Waals surface area contributed by atoms with Gasteiger partial charge >= 0.3 is 0 Å². The second-order valence-corrected chi connectivity index (χ2v) is 11.7. The Hall–Kier alpha value is 0.610. The van der Waals surface area contributed by atoms with E-state index >= 15 is 0 Å². The lowest BCUT2D eigenvalue weighted by atomic mass is 10.1. The van der Waals surface area contributed by atoms with Gasteiger partial charge in [-0.1, -0.05) is 23.2 Å². The maximum Gasteiger partial charge on any atom is 0.246 e. The van der Waals surface area contributed by atoms with E-state index in [1.54, 1.807) is 16.8 Å². The van der Waals surface area contributed by atoms with Crippen LogP contribution in [0.5, 0.6) is 0 Å². The molecule has 1 rings (SSSR count). The zero-order valence-electron chi connectivity index (χ0n) is 10.8. The average Bonchev–Trinajstić information content (AvgIpc) is 2.90. The van der Waals surface area contributed by atoms with E-state index in [1.807, 2.05) is 6.07 Å². The summed E-state index contributed by atoms with van der Waals surface area (Å²) in [6.45, 7) is 1.31. The standard InChI is InChI=1S/C10H10Cl4N2O2S3/c1-9(6-15,7-3-4-19-5-7)21(17,18)16(2)20-10(13,14)8(11)12/h3-5,8H,1-2H3. The predicted molar refractivity (Wildman–Crippen MR) is 91.5 cm³/mol. The predicted octanol–water partition coefficient (Wildman–Crippen LogP) is 4.33. The van der Waals surface area contributed by atoms with Gasteiger partial charge in [0.25, 0.3) is 0 Å². The van der Waals surface area contributed by atoms with Crippen LogP contribution < -0.4 is 0 Å². The number of nitriles is 1. The summed E-state index contributed by atoms with van der Waals surface area (Å²) in [4.78, 5) is -1.22. The van der Waals surface area contributed by atoms with Gasteiger partial charge in [0.1, 0.15) is 0 Å². The molecule has 1 aromatic heterocycles. The molecule has 0 bridgehead atoms. The van der Waals surface area contributed by atoms with E-state index in [1.165, 1.54) is 25.3 Å². The summed E-state index contributed by atoms with van der Waals surface area (Å²) in [5, 5.41) is 12.7. The fourth-order valence-electron chi connectivity index (χ4n) is 1.32. The van der Waals surface area contributed by atoms with Crippen molar-refractivity contribution in [2.75, 3.05) is 7.05 Å². The summed E-state index contributed by atoms with van der Waals surface area (Å²) in [7, 11) is -2.85. The zero-order valence-corrected chi connectivity index (χ0v) is 16.2. The number of rotatable bonds is 6. The van der Waals surface area contributed by atoms with Crippen LogP contribution in [0.2, 0.25) is 0 Å². The van der Waals surface area contributed by atoms with Crippen molar-refractivity contribution in [2.24, 2.45) is 0 Å². The van der Waals surface area contributed by atoms with Crippen LogP contribution in [0, 0.1) is 11.3 Å². The first kappa shape index (κ1) is 19.7. The second-order valence-electron chi connectivity index (χ2n) is 4.03. The topological polar surface area (TPSA) is 61.2 Å². The Morgan fingerprint density at radius 2 is 2.05 bits per heavy atom. The fourth-order valence-corrected chi connectivity index (χ4v) is 5.94. The molecule has 0 spiro atoms. The van der Waals surface area contributed by atoms with Gasteiger partial charge in [-0.15, -0.1) is 26.9 Å². The first-order chi connectivity index (χ1) is 9.49. The average molecular weight is 428 g/mol. The molecule has 1 aromatic rings. The summed E-state index contributed by atoms with van der Waals surface area (Å²) in [5.41, 5.74) is 0.366. The minimum absolute atomic E-state index is 0.366. The molecular formula is C10H10Cl4N2O2S3. The van der Waals surface area contributed by atoms with Crippen molar-refractivity contribution in [3.8, 4) is 6.07 Å². The van der Waals surface area contributed by atoms with E-state index in [9.17, 15) is 13.7 Å². The molecule has 0 N–H and O–H groups in total. The van der Waals surface area contributed by atoms with Crippen LogP contribution in [0.25, 0.3) is 0 Å². The largest absolute Gasteiger partial charge is 0.246 e. The van der Waals surface area contributed by atoms with Gasteiger partial charge in [0, 0.05) is 7.05 Å². The van der Waals surface area contributed by atoms with Crippen LogP contribution >= 0.6 is 69.7 Å². The Labute approximate surface area is 152 Å². The van der Waals surface area contributed by atoms with E-state index in [0.29, 0.717) is 17.5 Å². The molecule has 1 heterocycles. The molecule has 0 amide bonds. The molecular weight excluding hydrogens is 418 g/mol. The van der Waals surface area contributed by atoms with E-state index in [-0.39, 0.29) is 0 Å². The number of hydrogen-bond acceptors (Lipinski definition) is 5. The Kier molecular flexibility index (Phi) is 6.57. The second kappa shape index (κ2) is 7.02. The molecule has 0 radical (unpaired) electrons. The number of sulfonamides is 1. The number of thiophene rings is 1. The smallest absolute Gasteiger partial charge is 0.209 e. The highest BCUT2D eigenvalue weighted by Crippen LogP contribution is 2.47. The van der Waals surface area contributed by atoms with Gasteiger partial charge in [-0.25, -0.2) is 8.42 Å². The molecule has 1 atom stereocenters. The Balaban J connectivity index is 3.19. The number of halogens is 4. The van der Waals surface area contributed by atoms with E-state index < -0.39 is 23.3 Å². The Bertz CT molecular complexity index is 627. The molecule has 118 valence electrons.